The molecule has 0 amide bonds. The molecular formula is C10H7F2NO. The molecule has 0 aliphatic carbocycles. The van der Waals surface area contributed by atoms with Crippen LogP contribution in [0.4, 0.5) is 8.78 Å². The van der Waals surface area contributed by atoms with Crippen molar-refractivity contribution in [3.05, 3.63) is 41.6 Å². The minimum atomic E-state index is -0.930. The lowest BCUT2D eigenvalue weighted by molar-refractivity contribution is 0.277. The van der Waals surface area contributed by atoms with Crippen LogP contribution in [0, 0.1) is 11.6 Å². The molecule has 0 saturated heterocycles. The predicted octanol–water partition coefficient (Wildman–Crippen LogP) is 2.01. The predicted molar refractivity (Wildman–Crippen MR) is 47.6 cm³/mol. The van der Waals surface area contributed by atoms with Crippen LogP contribution in [0.5, 0.6) is 0 Å². The number of rotatable bonds is 1. The molecule has 1 N–H and O–H groups in total. The second-order valence-corrected chi connectivity index (χ2v) is 2.92. The van der Waals surface area contributed by atoms with Gasteiger partial charge < -0.3 is 5.11 Å². The average Bonchev–Trinajstić information content (AvgIpc) is 2.19. The van der Waals surface area contributed by atoms with Crippen LogP contribution in [0.3, 0.4) is 0 Å². The zero-order valence-corrected chi connectivity index (χ0v) is 7.17. The van der Waals surface area contributed by atoms with Gasteiger partial charge in [0.15, 0.2) is 11.6 Å². The number of hydrogen-bond acceptors (Lipinski definition) is 2. The Bertz CT molecular complexity index is 485. The third-order valence-electron chi connectivity index (χ3n) is 1.95. The number of aliphatic hydroxyl groups is 1. The maximum absolute atomic E-state index is 12.8. The van der Waals surface area contributed by atoms with E-state index in [2.05, 4.69) is 4.98 Å². The maximum Gasteiger partial charge on any atom is 0.161 e. The summed E-state index contributed by atoms with van der Waals surface area (Å²) in [6.07, 6.45) is 0. The van der Waals surface area contributed by atoms with Crippen LogP contribution in [0.2, 0.25) is 0 Å². The van der Waals surface area contributed by atoms with Crippen molar-refractivity contribution in [2.45, 2.75) is 6.61 Å². The largest absolute Gasteiger partial charge is 0.390 e. The molecule has 0 aliphatic rings. The lowest BCUT2D eigenvalue weighted by Crippen LogP contribution is -1.91. The highest BCUT2D eigenvalue weighted by Gasteiger charge is 2.05. The summed E-state index contributed by atoms with van der Waals surface area (Å²) in [6.45, 7) is -0.213. The molecule has 72 valence electrons. The molecule has 0 bridgehead atoms. The zero-order chi connectivity index (χ0) is 10.1. The fourth-order valence-corrected chi connectivity index (χ4v) is 1.25. The van der Waals surface area contributed by atoms with Crippen LogP contribution < -0.4 is 0 Å². The molecular weight excluding hydrogens is 188 g/mol. The van der Waals surface area contributed by atoms with E-state index in [4.69, 9.17) is 5.11 Å². The summed E-state index contributed by atoms with van der Waals surface area (Å²) in [5.41, 5.74) is 0.777. The van der Waals surface area contributed by atoms with Gasteiger partial charge in [0.25, 0.3) is 0 Å². The summed E-state index contributed by atoms with van der Waals surface area (Å²) in [5.74, 6) is -1.82. The Balaban J connectivity index is 2.70. The van der Waals surface area contributed by atoms with E-state index in [1.54, 1.807) is 12.1 Å². The molecule has 2 aromatic rings. The molecule has 2 nitrogen and oxygen atoms in total. The van der Waals surface area contributed by atoms with Crippen molar-refractivity contribution in [3.63, 3.8) is 0 Å². The fraction of sp³-hybridized carbons (Fsp3) is 0.100. The first-order chi connectivity index (χ1) is 6.70. The molecule has 4 heteroatoms. The van der Waals surface area contributed by atoms with E-state index in [1.807, 2.05) is 0 Å². The molecule has 1 heterocycles. The van der Waals surface area contributed by atoms with Gasteiger partial charge in [-0.1, -0.05) is 6.07 Å². The van der Waals surface area contributed by atoms with Gasteiger partial charge in [-0.3, -0.25) is 4.98 Å². The monoisotopic (exact) mass is 195 g/mol. The Kier molecular flexibility index (Phi) is 2.13. The smallest absolute Gasteiger partial charge is 0.161 e. The third-order valence-corrected chi connectivity index (χ3v) is 1.95. The van der Waals surface area contributed by atoms with Crippen molar-refractivity contribution >= 4 is 10.9 Å². The number of aromatic nitrogens is 1. The highest BCUT2D eigenvalue weighted by Crippen LogP contribution is 2.17. The van der Waals surface area contributed by atoms with Crippen molar-refractivity contribution in [2.75, 3.05) is 0 Å². The van der Waals surface area contributed by atoms with Gasteiger partial charge in [-0.25, -0.2) is 8.78 Å². The van der Waals surface area contributed by atoms with Gasteiger partial charge in [-0.2, -0.15) is 0 Å². The molecule has 0 spiro atoms. The molecule has 0 aliphatic heterocycles. The highest BCUT2D eigenvalue weighted by atomic mass is 19.2. The number of fused-ring (bicyclic) bond motifs is 1. The standard InChI is InChI=1S/C10H7F2NO/c11-8-3-6-1-2-7(5-14)13-10(6)4-9(8)12/h1-4,14H,5H2. The Morgan fingerprint density at radius 3 is 2.57 bits per heavy atom. The number of halogens is 2. The van der Waals surface area contributed by atoms with Crippen LogP contribution in [-0.4, -0.2) is 10.1 Å². The van der Waals surface area contributed by atoms with Crippen LogP contribution in [0.1, 0.15) is 5.69 Å². The van der Waals surface area contributed by atoms with E-state index in [0.717, 1.165) is 12.1 Å². The van der Waals surface area contributed by atoms with Crippen LogP contribution in [-0.2, 0) is 6.61 Å². The molecule has 0 unspecified atom stereocenters. The molecule has 0 radical (unpaired) electrons. The van der Waals surface area contributed by atoms with Gasteiger partial charge in [0, 0.05) is 11.5 Å². The number of pyridine rings is 1. The van der Waals surface area contributed by atoms with Crippen LogP contribution in [0.15, 0.2) is 24.3 Å². The third kappa shape index (κ3) is 1.44. The quantitative estimate of drug-likeness (QED) is 0.755. The normalized spacial score (nSPS) is 10.8. The topological polar surface area (TPSA) is 33.1 Å². The second-order valence-electron chi connectivity index (χ2n) is 2.92. The van der Waals surface area contributed by atoms with E-state index >= 15 is 0 Å². The van der Waals surface area contributed by atoms with Gasteiger partial charge in [0.1, 0.15) is 0 Å². The lowest BCUT2D eigenvalue weighted by Gasteiger charge is -2.00. The minimum absolute atomic E-state index is 0.213. The molecule has 1 aromatic heterocycles. The van der Waals surface area contributed by atoms with Gasteiger partial charge in [-0.05, 0) is 12.1 Å². The van der Waals surface area contributed by atoms with Gasteiger partial charge in [0.2, 0.25) is 0 Å². The Morgan fingerprint density at radius 2 is 1.86 bits per heavy atom. The molecule has 0 saturated carbocycles. The molecule has 0 atom stereocenters. The van der Waals surface area contributed by atoms with Crippen LogP contribution in [0.25, 0.3) is 10.9 Å². The van der Waals surface area contributed by atoms with E-state index in [0.29, 0.717) is 16.6 Å². The Hall–Kier alpha value is -1.55. The summed E-state index contributed by atoms with van der Waals surface area (Å²) in [5, 5.41) is 9.31. The van der Waals surface area contributed by atoms with Gasteiger partial charge >= 0.3 is 0 Å². The minimum Gasteiger partial charge on any atom is -0.390 e. The zero-order valence-electron chi connectivity index (χ0n) is 7.17. The number of aliphatic hydroxyl groups excluding tert-OH is 1. The Morgan fingerprint density at radius 1 is 1.14 bits per heavy atom. The molecule has 2 rings (SSSR count). The van der Waals surface area contributed by atoms with Crippen molar-refractivity contribution < 1.29 is 13.9 Å². The first kappa shape index (κ1) is 9.02. The Labute approximate surface area is 78.8 Å². The van der Waals surface area contributed by atoms with Gasteiger partial charge in [0.05, 0.1) is 17.8 Å². The lowest BCUT2D eigenvalue weighted by atomic mass is 10.2. The average molecular weight is 195 g/mol. The van der Waals surface area contributed by atoms with Crippen molar-refractivity contribution in [1.82, 2.24) is 4.98 Å². The van der Waals surface area contributed by atoms with Gasteiger partial charge in [-0.15, -0.1) is 0 Å². The molecule has 0 fully saturated rings. The molecule has 14 heavy (non-hydrogen) atoms. The van der Waals surface area contributed by atoms with Crippen molar-refractivity contribution in [1.29, 1.82) is 0 Å². The van der Waals surface area contributed by atoms with E-state index in [1.165, 1.54) is 0 Å². The SMILES string of the molecule is OCc1ccc2cc(F)c(F)cc2n1. The van der Waals surface area contributed by atoms with E-state index < -0.39 is 11.6 Å². The summed E-state index contributed by atoms with van der Waals surface area (Å²) in [6, 6.07) is 5.26. The fourth-order valence-electron chi connectivity index (χ4n) is 1.25. The number of hydrogen-bond donors (Lipinski definition) is 1. The molecule has 1 aromatic carbocycles. The highest BCUT2D eigenvalue weighted by molar-refractivity contribution is 5.78. The van der Waals surface area contributed by atoms with Crippen molar-refractivity contribution in [2.24, 2.45) is 0 Å². The number of nitrogens with zero attached hydrogens (tertiary/aromatic N) is 1. The summed E-state index contributed by atoms with van der Waals surface area (Å²) < 4.78 is 25.6. The maximum atomic E-state index is 12.8. The van der Waals surface area contributed by atoms with Crippen LogP contribution >= 0.6 is 0 Å². The van der Waals surface area contributed by atoms with Crippen molar-refractivity contribution in [3.8, 4) is 0 Å². The summed E-state index contributed by atoms with van der Waals surface area (Å²) in [4.78, 5) is 3.94. The number of benzene rings is 1. The van der Waals surface area contributed by atoms with E-state index in [-0.39, 0.29) is 6.61 Å². The summed E-state index contributed by atoms with van der Waals surface area (Å²) >= 11 is 0. The second kappa shape index (κ2) is 3.31. The summed E-state index contributed by atoms with van der Waals surface area (Å²) in [7, 11) is 0. The first-order valence-electron chi connectivity index (χ1n) is 4.06. The first-order valence-corrected chi connectivity index (χ1v) is 4.06. The van der Waals surface area contributed by atoms with E-state index in [9.17, 15) is 8.78 Å².